The third kappa shape index (κ3) is 1.32. The van der Waals surface area contributed by atoms with Gasteiger partial charge in [-0.3, -0.25) is 9.69 Å². The van der Waals surface area contributed by atoms with Gasteiger partial charge in [0.25, 0.3) is 0 Å². The van der Waals surface area contributed by atoms with Crippen molar-refractivity contribution in [3.8, 4) is 0 Å². The van der Waals surface area contributed by atoms with Crippen LogP contribution >= 0.6 is 0 Å². The van der Waals surface area contributed by atoms with E-state index >= 15 is 0 Å². The molecule has 16 heavy (non-hydrogen) atoms. The molecule has 3 atom stereocenters. The van der Waals surface area contributed by atoms with E-state index in [1.165, 1.54) is 0 Å². The van der Waals surface area contributed by atoms with Crippen LogP contribution in [0, 0.1) is 11.8 Å². The lowest BCUT2D eigenvalue weighted by molar-refractivity contribution is -0.121. The van der Waals surface area contributed by atoms with Crippen LogP contribution in [0.25, 0.3) is 0 Å². The summed E-state index contributed by atoms with van der Waals surface area (Å²) in [5.74, 6) is 0.265. The summed E-state index contributed by atoms with van der Waals surface area (Å²) >= 11 is 0. The Labute approximate surface area is 97.3 Å². The van der Waals surface area contributed by atoms with Crippen molar-refractivity contribution < 1.29 is 4.79 Å². The quantitative estimate of drug-likeness (QED) is 0.723. The number of hydrogen-bond donors (Lipinski definition) is 2. The number of rotatable bonds is 4. The number of fused-ring (bicyclic) bond motifs is 1. The number of amides is 1. The largest absolute Gasteiger partial charge is 0.368 e. The van der Waals surface area contributed by atoms with E-state index in [9.17, 15) is 4.79 Å². The minimum Gasteiger partial charge on any atom is -0.368 e. The van der Waals surface area contributed by atoms with Crippen molar-refractivity contribution in [3.63, 3.8) is 0 Å². The van der Waals surface area contributed by atoms with Gasteiger partial charge in [0.2, 0.25) is 5.91 Å². The molecule has 1 heterocycles. The summed E-state index contributed by atoms with van der Waals surface area (Å²) in [4.78, 5) is 13.8. The van der Waals surface area contributed by atoms with Gasteiger partial charge in [0.05, 0.1) is 0 Å². The van der Waals surface area contributed by atoms with E-state index < -0.39 is 5.54 Å². The topological polar surface area (TPSA) is 72.3 Å². The van der Waals surface area contributed by atoms with E-state index in [0.717, 1.165) is 25.9 Å². The normalized spacial score (nSPS) is 38.5. The summed E-state index contributed by atoms with van der Waals surface area (Å²) in [5, 5.41) is 0. The molecule has 0 radical (unpaired) electrons. The Morgan fingerprint density at radius 2 is 1.81 bits per heavy atom. The summed E-state index contributed by atoms with van der Waals surface area (Å²) in [6, 6.07) is 0. The highest BCUT2D eigenvalue weighted by Crippen LogP contribution is 2.55. The first-order chi connectivity index (χ1) is 7.40. The Bertz CT molecular complexity index is 299. The number of carbonyl (C=O) groups excluding carboxylic acids is 1. The van der Waals surface area contributed by atoms with Crippen molar-refractivity contribution in [3.05, 3.63) is 0 Å². The average molecular weight is 225 g/mol. The third-order valence-corrected chi connectivity index (χ3v) is 5.15. The highest BCUT2D eigenvalue weighted by atomic mass is 16.1. The smallest absolute Gasteiger partial charge is 0.238 e. The first kappa shape index (κ1) is 11.9. The number of nitrogens with zero attached hydrogens (tertiary/aromatic N) is 1. The molecular formula is C12H23N3O. The number of piperidine rings is 1. The zero-order chi connectivity index (χ0) is 12.1. The fourth-order valence-corrected chi connectivity index (χ4v) is 3.17. The Kier molecular flexibility index (Phi) is 2.55. The van der Waals surface area contributed by atoms with Gasteiger partial charge in [-0.2, -0.15) is 0 Å². The molecule has 0 aromatic rings. The van der Waals surface area contributed by atoms with E-state index in [0.29, 0.717) is 11.8 Å². The molecule has 4 N–H and O–H groups in total. The molecule has 1 aliphatic carbocycles. The average Bonchev–Trinajstić information content (AvgIpc) is 2.69. The summed E-state index contributed by atoms with van der Waals surface area (Å²) in [6.07, 6.45) is 2.27. The van der Waals surface area contributed by atoms with Gasteiger partial charge >= 0.3 is 0 Å². The number of primary amides is 1. The predicted molar refractivity (Wildman–Crippen MR) is 63.7 cm³/mol. The van der Waals surface area contributed by atoms with Crippen LogP contribution in [0.15, 0.2) is 0 Å². The lowest BCUT2D eigenvalue weighted by atomic mass is 9.92. The third-order valence-electron chi connectivity index (χ3n) is 5.15. The van der Waals surface area contributed by atoms with Gasteiger partial charge in [0, 0.05) is 30.5 Å². The fourth-order valence-electron chi connectivity index (χ4n) is 3.17. The van der Waals surface area contributed by atoms with Gasteiger partial charge in [-0.05, 0) is 19.8 Å². The number of nitrogens with two attached hydrogens (primary N) is 2. The van der Waals surface area contributed by atoms with Gasteiger partial charge in [-0.15, -0.1) is 0 Å². The zero-order valence-corrected chi connectivity index (χ0v) is 10.5. The van der Waals surface area contributed by atoms with E-state index in [-0.39, 0.29) is 11.4 Å². The maximum atomic E-state index is 11.3. The predicted octanol–water partition coefficient (Wildman–Crippen LogP) is 0.310. The second-order valence-corrected chi connectivity index (χ2v) is 5.62. The molecule has 4 heteroatoms. The Balaban J connectivity index is 2.03. The van der Waals surface area contributed by atoms with Crippen molar-refractivity contribution in [1.29, 1.82) is 0 Å². The van der Waals surface area contributed by atoms with Crippen LogP contribution < -0.4 is 11.5 Å². The standard InChI is InChI=1S/C12H23N3O/c1-4-11(3,5-2)15-6-8-9(7-15)12(8,14)10(13)16/h8-9H,4-7,14H2,1-3H3,(H2,13,16)/t8-,9+,12?. The number of hydrogen-bond acceptors (Lipinski definition) is 3. The van der Waals surface area contributed by atoms with Crippen LogP contribution in [0.5, 0.6) is 0 Å². The van der Waals surface area contributed by atoms with Gasteiger partial charge < -0.3 is 11.5 Å². The molecule has 2 aliphatic rings. The lowest BCUT2D eigenvalue weighted by Gasteiger charge is -2.39. The molecule has 1 saturated carbocycles. The van der Waals surface area contributed by atoms with Gasteiger partial charge in [0.15, 0.2) is 0 Å². The first-order valence-corrected chi connectivity index (χ1v) is 6.24. The molecule has 0 aromatic carbocycles. The van der Waals surface area contributed by atoms with Crippen LogP contribution in [-0.4, -0.2) is 35.0 Å². The van der Waals surface area contributed by atoms with E-state index in [1.54, 1.807) is 0 Å². The van der Waals surface area contributed by atoms with Gasteiger partial charge in [0.1, 0.15) is 5.54 Å². The van der Waals surface area contributed by atoms with Crippen molar-refractivity contribution in [1.82, 2.24) is 4.90 Å². The molecule has 1 unspecified atom stereocenters. The molecule has 2 rings (SSSR count). The van der Waals surface area contributed by atoms with Crippen LogP contribution in [0.1, 0.15) is 33.6 Å². The van der Waals surface area contributed by atoms with Crippen molar-refractivity contribution >= 4 is 5.91 Å². The van der Waals surface area contributed by atoms with Crippen LogP contribution in [-0.2, 0) is 4.79 Å². The molecule has 0 bridgehead atoms. The molecule has 92 valence electrons. The van der Waals surface area contributed by atoms with E-state index in [2.05, 4.69) is 25.7 Å². The van der Waals surface area contributed by atoms with Crippen molar-refractivity contribution in [2.24, 2.45) is 23.3 Å². The van der Waals surface area contributed by atoms with E-state index in [4.69, 9.17) is 11.5 Å². The van der Waals surface area contributed by atoms with Gasteiger partial charge in [-0.1, -0.05) is 13.8 Å². The molecule has 1 aliphatic heterocycles. The minimum atomic E-state index is -0.696. The molecular weight excluding hydrogens is 202 g/mol. The lowest BCUT2D eigenvalue weighted by Crippen LogP contribution is -2.52. The molecule has 4 nitrogen and oxygen atoms in total. The maximum absolute atomic E-state index is 11.3. The Hall–Kier alpha value is -0.610. The Morgan fingerprint density at radius 1 is 1.38 bits per heavy atom. The highest BCUT2D eigenvalue weighted by molar-refractivity contribution is 5.89. The molecule has 1 saturated heterocycles. The molecule has 0 aromatic heterocycles. The monoisotopic (exact) mass is 225 g/mol. The molecule has 2 fully saturated rings. The Morgan fingerprint density at radius 3 is 2.12 bits per heavy atom. The van der Waals surface area contributed by atoms with Crippen LogP contribution in [0.4, 0.5) is 0 Å². The number of likely N-dealkylation sites (tertiary alicyclic amines) is 1. The molecule has 0 spiro atoms. The van der Waals surface area contributed by atoms with Crippen LogP contribution in [0.3, 0.4) is 0 Å². The zero-order valence-electron chi connectivity index (χ0n) is 10.5. The number of carbonyl (C=O) groups is 1. The van der Waals surface area contributed by atoms with Gasteiger partial charge in [-0.25, -0.2) is 0 Å². The summed E-state index contributed by atoms with van der Waals surface area (Å²) in [5.41, 5.74) is 10.9. The SMILES string of the molecule is CCC(C)(CC)N1C[C@@H]2[C@H](C1)C2(N)C(N)=O. The highest BCUT2D eigenvalue weighted by Gasteiger charge is 2.70. The molecule has 1 amide bonds. The second-order valence-electron chi connectivity index (χ2n) is 5.62. The summed E-state index contributed by atoms with van der Waals surface area (Å²) in [7, 11) is 0. The van der Waals surface area contributed by atoms with Crippen LogP contribution in [0.2, 0.25) is 0 Å². The fraction of sp³-hybridized carbons (Fsp3) is 0.917. The van der Waals surface area contributed by atoms with E-state index in [1.807, 2.05) is 0 Å². The summed E-state index contributed by atoms with van der Waals surface area (Å²) in [6.45, 7) is 8.60. The first-order valence-electron chi connectivity index (χ1n) is 6.24. The summed E-state index contributed by atoms with van der Waals surface area (Å²) < 4.78 is 0. The maximum Gasteiger partial charge on any atom is 0.238 e. The second kappa shape index (κ2) is 3.44. The van der Waals surface area contributed by atoms with Crippen molar-refractivity contribution in [2.45, 2.75) is 44.7 Å². The van der Waals surface area contributed by atoms with Crippen molar-refractivity contribution in [2.75, 3.05) is 13.1 Å². The minimum absolute atomic E-state index is 0.256.